The van der Waals surface area contributed by atoms with Crippen molar-refractivity contribution >= 4 is 35.0 Å². The molecule has 84 heavy (non-hydrogen) atoms. The minimum absolute atomic E-state index is 0.330. The highest BCUT2D eigenvalue weighted by Crippen LogP contribution is 2.29. The second kappa shape index (κ2) is 28.9. The maximum absolute atomic E-state index is 12.4. The molecule has 9 aromatic rings. The van der Waals surface area contributed by atoms with Crippen molar-refractivity contribution in [2.45, 2.75) is 52.4 Å². The number of oxime groups is 3. The van der Waals surface area contributed by atoms with Gasteiger partial charge in [0.1, 0.15) is 23.0 Å². The van der Waals surface area contributed by atoms with Crippen molar-refractivity contribution in [1.29, 1.82) is 0 Å². The molecule has 0 spiro atoms. The quantitative estimate of drug-likeness (QED) is 0.0549. The molecule has 422 valence electrons. The Hall–Kier alpha value is -10.3. The van der Waals surface area contributed by atoms with Gasteiger partial charge in [-0.05, 0) is 159 Å². The number of carbonyl (C=O) groups excluding carboxylic acids is 3. The van der Waals surface area contributed by atoms with Crippen molar-refractivity contribution in [3.63, 3.8) is 0 Å². The van der Waals surface area contributed by atoms with Crippen LogP contribution in [0.2, 0.25) is 0 Å². The summed E-state index contributed by atoms with van der Waals surface area (Å²) in [5.74, 6) is -0.608. The Morgan fingerprint density at radius 3 is 0.964 bits per heavy atom. The van der Waals surface area contributed by atoms with Gasteiger partial charge in [0.2, 0.25) is 0 Å². The molecule has 0 radical (unpaired) electrons. The van der Waals surface area contributed by atoms with Gasteiger partial charge in [0, 0.05) is 38.9 Å². The molecular weight excluding hydrogens is 1060 g/mol. The monoisotopic (exact) mass is 1120 g/mol. The number of hydrogen-bond donors (Lipinski definition) is 3. The van der Waals surface area contributed by atoms with Crippen LogP contribution in [0.15, 0.2) is 234 Å². The van der Waals surface area contributed by atoms with E-state index in [0.717, 1.165) is 83.3 Å². The fourth-order valence-electron chi connectivity index (χ4n) is 9.96. The Morgan fingerprint density at radius 2 is 0.679 bits per heavy atom. The average molecular weight is 1120 g/mol. The molecular formula is C70H61FN4O9. The average Bonchev–Trinajstić information content (AvgIpc) is 3.53. The lowest BCUT2D eigenvalue weighted by atomic mass is 9.98. The molecule has 13 nitrogen and oxygen atoms in total. The fraction of sp³-hybridized carbons (Fsp3) is 0.143. The molecule has 9 aromatic carbocycles. The molecule has 0 saturated carbocycles. The number of amides is 1. The highest BCUT2D eigenvalue weighted by atomic mass is 19.1. The van der Waals surface area contributed by atoms with Crippen molar-refractivity contribution in [1.82, 2.24) is 5.48 Å². The summed E-state index contributed by atoms with van der Waals surface area (Å²) in [7, 11) is 0. The molecule has 0 bridgehead atoms. The normalized spacial score (nSPS) is 12.2. The van der Waals surface area contributed by atoms with Crippen LogP contribution in [0.4, 0.5) is 4.39 Å². The first-order chi connectivity index (χ1) is 41.2. The van der Waals surface area contributed by atoms with E-state index in [9.17, 15) is 24.0 Å². The first kappa shape index (κ1) is 58.3. The van der Waals surface area contributed by atoms with E-state index in [2.05, 4.69) is 88.3 Å². The van der Waals surface area contributed by atoms with Crippen LogP contribution in [0.5, 0.6) is 11.5 Å². The van der Waals surface area contributed by atoms with Gasteiger partial charge in [-0.1, -0.05) is 161 Å². The van der Waals surface area contributed by atoms with Crippen LogP contribution in [0.3, 0.4) is 0 Å². The molecule has 0 fully saturated rings. The zero-order valence-corrected chi connectivity index (χ0v) is 46.4. The predicted molar refractivity (Wildman–Crippen MR) is 321 cm³/mol. The van der Waals surface area contributed by atoms with E-state index in [1.807, 2.05) is 72.8 Å². The number of ether oxygens (including phenoxy) is 2. The van der Waals surface area contributed by atoms with Gasteiger partial charge in [0.25, 0.3) is 5.91 Å². The van der Waals surface area contributed by atoms with E-state index in [1.165, 1.54) is 57.6 Å². The molecule has 0 aromatic heterocycles. The van der Waals surface area contributed by atoms with Gasteiger partial charge in [0.15, 0.2) is 11.5 Å². The standard InChI is InChI=1S/C24H21NO3.C22H18N2O3.C15H13NO.C9H9FO2/c1-2-27-24(26)19-13-15-20(16-14-19)28-25-23-21-9-5-3-7-17(21)11-12-18-8-4-6-10-22(18)23;25-22(23-26)17-11-13-18(14-12-17)27-24-21-19-7-3-1-5-15(19)9-10-16-6-2-4-8-20(16)21;17-16-15-13-7-3-1-5-11(13)9-10-12-6-2-4-8-14(12)15;1-2-12-9(11)7-3-5-8(10)6-4-7/h3-10,13-16H,2,11-12H2,1H3;1-8,11-14,26H,9-10H2,(H,23,25);1-8,17H,9-10H2;3-6H,2H2,1H3. The Kier molecular flexibility index (Phi) is 20.1. The lowest BCUT2D eigenvalue weighted by Crippen LogP contribution is -2.18. The van der Waals surface area contributed by atoms with Crippen molar-refractivity contribution in [2.75, 3.05) is 13.2 Å². The summed E-state index contributed by atoms with van der Waals surface area (Å²) in [4.78, 5) is 45.6. The van der Waals surface area contributed by atoms with Crippen LogP contribution >= 0.6 is 0 Å². The topological polar surface area (TPSA) is 178 Å². The van der Waals surface area contributed by atoms with Crippen LogP contribution < -0.4 is 15.2 Å². The summed E-state index contributed by atoms with van der Waals surface area (Å²) >= 11 is 0. The van der Waals surface area contributed by atoms with E-state index < -0.39 is 11.9 Å². The second-order valence-electron chi connectivity index (χ2n) is 19.4. The molecule has 0 saturated heterocycles. The number of carbonyl (C=O) groups is 3. The van der Waals surface area contributed by atoms with Gasteiger partial charge in [-0.15, -0.1) is 0 Å². The third-order valence-electron chi connectivity index (χ3n) is 14.1. The SMILES string of the molecule is CCOC(=O)c1ccc(F)cc1.CCOC(=O)c1ccc(ON=C2c3ccccc3CCc3ccccc32)cc1.O=C(NO)c1ccc(ON=C2c3ccccc3CCc3ccccc32)cc1.ON=C1c2ccccc2CCc2ccccc21. The Balaban J connectivity index is 0.000000141. The summed E-state index contributed by atoms with van der Waals surface area (Å²) in [5, 5.41) is 30.5. The zero-order valence-electron chi connectivity index (χ0n) is 46.4. The van der Waals surface area contributed by atoms with Gasteiger partial charge in [0.05, 0.1) is 24.3 Å². The van der Waals surface area contributed by atoms with Gasteiger partial charge >= 0.3 is 11.9 Å². The number of fused-ring (bicyclic) bond motifs is 6. The highest BCUT2D eigenvalue weighted by Gasteiger charge is 2.23. The van der Waals surface area contributed by atoms with Crippen LogP contribution in [0.1, 0.15) is 112 Å². The Morgan fingerprint density at radius 1 is 0.405 bits per heavy atom. The first-order valence-electron chi connectivity index (χ1n) is 27.6. The van der Waals surface area contributed by atoms with Crippen LogP contribution in [0, 0.1) is 5.82 Å². The zero-order chi connectivity index (χ0) is 58.6. The molecule has 1 amide bonds. The number of hydroxylamine groups is 1. The molecule has 14 heteroatoms. The van der Waals surface area contributed by atoms with E-state index in [4.69, 9.17) is 24.4 Å². The van der Waals surface area contributed by atoms with Gasteiger partial charge in [-0.25, -0.2) is 19.5 Å². The molecule has 0 unspecified atom stereocenters. The minimum Gasteiger partial charge on any atom is -0.462 e. The molecule has 3 aliphatic carbocycles. The molecule has 0 heterocycles. The van der Waals surface area contributed by atoms with E-state index in [0.29, 0.717) is 47.1 Å². The fourth-order valence-corrected chi connectivity index (χ4v) is 9.96. The van der Waals surface area contributed by atoms with Crippen molar-refractivity contribution in [3.05, 3.63) is 308 Å². The predicted octanol–water partition coefficient (Wildman–Crippen LogP) is 13.5. The van der Waals surface area contributed by atoms with E-state index >= 15 is 0 Å². The number of nitrogens with zero attached hydrogens (tertiary/aromatic N) is 3. The van der Waals surface area contributed by atoms with E-state index in [1.54, 1.807) is 67.9 Å². The smallest absolute Gasteiger partial charge is 0.338 e. The number of rotatable bonds is 9. The number of halogens is 1. The lowest BCUT2D eigenvalue weighted by Gasteiger charge is -2.10. The van der Waals surface area contributed by atoms with Gasteiger partial charge < -0.3 is 24.4 Å². The van der Waals surface area contributed by atoms with Gasteiger partial charge in [-0.2, -0.15) is 0 Å². The van der Waals surface area contributed by atoms with Crippen molar-refractivity contribution < 1.29 is 48.3 Å². The highest BCUT2D eigenvalue weighted by molar-refractivity contribution is 6.16. The first-order valence-corrected chi connectivity index (χ1v) is 27.6. The second-order valence-corrected chi connectivity index (χ2v) is 19.4. The van der Waals surface area contributed by atoms with E-state index in [-0.39, 0.29) is 11.8 Å². The molecule has 12 rings (SSSR count). The van der Waals surface area contributed by atoms with Crippen LogP contribution in [-0.4, -0.2) is 58.6 Å². The van der Waals surface area contributed by atoms with Crippen LogP contribution in [0.25, 0.3) is 0 Å². The molecule has 0 atom stereocenters. The number of aryl methyl sites for hydroxylation is 6. The maximum Gasteiger partial charge on any atom is 0.338 e. The number of esters is 2. The summed E-state index contributed by atoms with van der Waals surface area (Å²) < 4.78 is 22.1. The number of benzene rings is 9. The molecule has 0 aliphatic heterocycles. The number of nitrogens with one attached hydrogen (secondary N) is 1. The largest absolute Gasteiger partial charge is 0.462 e. The third-order valence-corrected chi connectivity index (χ3v) is 14.1. The summed E-state index contributed by atoms with van der Waals surface area (Å²) in [6, 6.07) is 67.9. The summed E-state index contributed by atoms with van der Waals surface area (Å²) in [6.07, 6.45) is 5.84. The molecule has 3 aliphatic rings. The summed E-state index contributed by atoms with van der Waals surface area (Å²) in [5.41, 5.74) is 19.0. The Bertz CT molecular complexity index is 3690. The third kappa shape index (κ3) is 14.6. The van der Waals surface area contributed by atoms with Gasteiger partial charge in [-0.3, -0.25) is 10.0 Å². The van der Waals surface area contributed by atoms with Crippen molar-refractivity contribution in [2.24, 2.45) is 15.5 Å². The summed E-state index contributed by atoms with van der Waals surface area (Å²) in [6.45, 7) is 4.19. The lowest BCUT2D eigenvalue weighted by molar-refractivity contribution is 0.0516. The maximum atomic E-state index is 12.4. The number of hydrogen-bond acceptors (Lipinski definition) is 12. The van der Waals surface area contributed by atoms with Crippen molar-refractivity contribution in [3.8, 4) is 11.5 Å². The van der Waals surface area contributed by atoms with Crippen LogP contribution in [-0.2, 0) is 48.0 Å². The Labute approximate surface area is 486 Å². The minimum atomic E-state index is -0.570. The molecule has 3 N–H and O–H groups in total.